The normalized spacial score (nSPS) is 11.9. The molecule has 80 valence electrons. The van der Waals surface area contributed by atoms with Crippen LogP contribution in [0.25, 0.3) is 10.3 Å². The minimum atomic E-state index is 0.355. The van der Waals surface area contributed by atoms with Gasteiger partial charge in [-0.2, -0.15) is 0 Å². The minimum Gasteiger partial charge on any atom is -0.236 e. The SMILES string of the molecule is CC(C)c1nc(C(C)C)c2scnc2n1. The highest BCUT2D eigenvalue weighted by Gasteiger charge is 2.14. The van der Waals surface area contributed by atoms with E-state index in [2.05, 4.69) is 42.6 Å². The van der Waals surface area contributed by atoms with E-state index in [4.69, 9.17) is 0 Å². The zero-order valence-electron chi connectivity index (χ0n) is 9.48. The quantitative estimate of drug-likeness (QED) is 0.780. The summed E-state index contributed by atoms with van der Waals surface area (Å²) in [6.45, 7) is 8.53. The van der Waals surface area contributed by atoms with Crippen molar-refractivity contribution in [3.8, 4) is 0 Å². The Balaban J connectivity index is 2.69. The van der Waals surface area contributed by atoms with E-state index in [1.165, 1.54) is 0 Å². The molecule has 0 saturated heterocycles. The first kappa shape index (κ1) is 10.5. The van der Waals surface area contributed by atoms with Gasteiger partial charge in [0.25, 0.3) is 0 Å². The van der Waals surface area contributed by atoms with Gasteiger partial charge >= 0.3 is 0 Å². The van der Waals surface area contributed by atoms with Crippen LogP contribution in [-0.2, 0) is 0 Å². The smallest absolute Gasteiger partial charge is 0.174 e. The molecule has 0 fully saturated rings. The van der Waals surface area contributed by atoms with Crippen LogP contribution in [0.1, 0.15) is 51.0 Å². The molecule has 15 heavy (non-hydrogen) atoms. The summed E-state index contributed by atoms with van der Waals surface area (Å²) >= 11 is 1.63. The topological polar surface area (TPSA) is 38.7 Å². The van der Waals surface area contributed by atoms with Crippen molar-refractivity contribution in [2.45, 2.75) is 39.5 Å². The number of hydrogen-bond donors (Lipinski definition) is 0. The Labute approximate surface area is 93.6 Å². The van der Waals surface area contributed by atoms with Crippen LogP contribution in [0.4, 0.5) is 0 Å². The molecule has 0 aliphatic heterocycles. The Morgan fingerprint density at radius 1 is 1.07 bits per heavy atom. The molecule has 2 aromatic heterocycles. The van der Waals surface area contributed by atoms with E-state index < -0.39 is 0 Å². The van der Waals surface area contributed by atoms with E-state index in [0.717, 1.165) is 21.9 Å². The largest absolute Gasteiger partial charge is 0.236 e. The Hall–Kier alpha value is -1.03. The van der Waals surface area contributed by atoms with Gasteiger partial charge in [-0.1, -0.05) is 27.7 Å². The number of hydrogen-bond acceptors (Lipinski definition) is 4. The molecule has 0 unspecified atom stereocenters. The van der Waals surface area contributed by atoms with Gasteiger partial charge in [0.2, 0.25) is 0 Å². The maximum atomic E-state index is 4.63. The van der Waals surface area contributed by atoms with Gasteiger partial charge in [0.15, 0.2) is 5.65 Å². The lowest BCUT2D eigenvalue weighted by Gasteiger charge is -2.09. The fourth-order valence-corrected chi connectivity index (χ4v) is 2.32. The third-order valence-electron chi connectivity index (χ3n) is 2.30. The number of rotatable bonds is 2. The molecule has 2 aromatic rings. The van der Waals surface area contributed by atoms with Crippen LogP contribution in [-0.4, -0.2) is 15.0 Å². The van der Waals surface area contributed by atoms with Crippen LogP contribution in [0.2, 0.25) is 0 Å². The third kappa shape index (κ3) is 1.86. The number of aromatic nitrogens is 3. The first-order valence-corrected chi connectivity index (χ1v) is 6.08. The fourth-order valence-electron chi connectivity index (χ4n) is 1.45. The van der Waals surface area contributed by atoms with Crippen LogP contribution in [0, 0.1) is 0 Å². The van der Waals surface area contributed by atoms with Gasteiger partial charge in [0.1, 0.15) is 5.82 Å². The number of nitrogens with zero attached hydrogens (tertiary/aromatic N) is 3. The van der Waals surface area contributed by atoms with E-state index >= 15 is 0 Å². The van der Waals surface area contributed by atoms with E-state index in [1.54, 1.807) is 11.3 Å². The minimum absolute atomic E-state index is 0.355. The maximum absolute atomic E-state index is 4.63. The molecular weight excluding hydrogens is 206 g/mol. The van der Waals surface area contributed by atoms with Gasteiger partial charge in [0, 0.05) is 5.92 Å². The van der Waals surface area contributed by atoms with Crippen molar-refractivity contribution >= 4 is 21.7 Å². The predicted molar refractivity (Wildman–Crippen MR) is 63.4 cm³/mol. The molecule has 0 radical (unpaired) electrons. The van der Waals surface area contributed by atoms with Crippen LogP contribution in [0.3, 0.4) is 0 Å². The van der Waals surface area contributed by atoms with Crippen molar-refractivity contribution in [1.82, 2.24) is 15.0 Å². The summed E-state index contributed by atoms with van der Waals surface area (Å²) in [7, 11) is 0. The second-order valence-electron chi connectivity index (χ2n) is 4.28. The molecule has 0 amide bonds. The monoisotopic (exact) mass is 221 g/mol. The second-order valence-corrected chi connectivity index (χ2v) is 5.14. The average molecular weight is 221 g/mol. The zero-order valence-corrected chi connectivity index (χ0v) is 10.3. The Morgan fingerprint density at radius 3 is 2.40 bits per heavy atom. The second kappa shape index (κ2) is 3.85. The molecule has 0 aliphatic carbocycles. The van der Waals surface area contributed by atoms with Crippen LogP contribution < -0.4 is 0 Å². The molecule has 2 heterocycles. The standard InChI is InChI=1S/C11H15N3S/c1-6(2)8-9-11(12-5-15-9)14-10(13-8)7(3)4/h5-7H,1-4H3. The molecule has 0 spiro atoms. The average Bonchev–Trinajstić information content (AvgIpc) is 2.62. The van der Waals surface area contributed by atoms with Gasteiger partial charge < -0.3 is 0 Å². The van der Waals surface area contributed by atoms with Gasteiger partial charge in [-0.05, 0) is 5.92 Å². The Kier molecular flexibility index (Phi) is 2.69. The zero-order chi connectivity index (χ0) is 11.0. The van der Waals surface area contributed by atoms with E-state index in [-0.39, 0.29) is 0 Å². The Bertz CT molecular complexity index is 474. The number of thiazole rings is 1. The first-order chi connectivity index (χ1) is 7.09. The Morgan fingerprint density at radius 2 is 1.80 bits per heavy atom. The molecule has 4 heteroatoms. The molecule has 0 atom stereocenters. The fraction of sp³-hybridized carbons (Fsp3) is 0.545. The first-order valence-electron chi connectivity index (χ1n) is 5.20. The highest BCUT2D eigenvalue weighted by atomic mass is 32.1. The highest BCUT2D eigenvalue weighted by molar-refractivity contribution is 7.16. The molecule has 0 N–H and O–H groups in total. The van der Waals surface area contributed by atoms with Gasteiger partial charge in [-0.3, -0.25) is 0 Å². The van der Waals surface area contributed by atoms with Crippen molar-refractivity contribution in [3.63, 3.8) is 0 Å². The van der Waals surface area contributed by atoms with Crippen molar-refractivity contribution in [3.05, 3.63) is 17.0 Å². The van der Waals surface area contributed by atoms with Crippen LogP contribution in [0.5, 0.6) is 0 Å². The molecule has 0 bridgehead atoms. The molecule has 0 aliphatic rings. The third-order valence-corrected chi connectivity index (χ3v) is 3.14. The van der Waals surface area contributed by atoms with Crippen molar-refractivity contribution in [1.29, 1.82) is 0 Å². The summed E-state index contributed by atoms with van der Waals surface area (Å²) in [5, 5.41) is 0. The van der Waals surface area contributed by atoms with Crippen LogP contribution >= 0.6 is 11.3 Å². The van der Waals surface area contributed by atoms with Crippen LogP contribution in [0.15, 0.2) is 5.51 Å². The van der Waals surface area contributed by atoms with Crippen molar-refractivity contribution in [2.24, 2.45) is 0 Å². The van der Waals surface area contributed by atoms with Gasteiger partial charge in [-0.25, -0.2) is 15.0 Å². The van der Waals surface area contributed by atoms with Crippen molar-refractivity contribution in [2.75, 3.05) is 0 Å². The lowest BCUT2D eigenvalue weighted by atomic mass is 10.1. The summed E-state index contributed by atoms with van der Waals surface area (Å²) in [6.07, 6.45) is 0. The lowest BCUT2D eigenvalue weighted by molar-refractivity contribution is 0.742. The lowest BCUT2D eigenvalue weighted by Crippen LogP contribution is -2.03. The summed E-state index contributed by atoms with van der Waals surface area (Å²) in [5.41, 5.74) is 3.82. The van der Waals surface area contributed by atoms with E-state index in [0.29, 0.717) is 11.8 Å². The van der Waals surface area contributed by atoms with Gasteiger partial charge in [-0.15, -0.1) is 11.3 Å². The van der Waals surface area contributed by atoms with E-state index in [1.807, 2.05) is 5.51 Å². The summed E-state index contributed by atoms with van der Waals surface area (Å²) < 4.78 is 1.13. The molecule has 0 aromatic carbocycles. The van der Waals surface area contributed by atoms with Gasteiger partial charge in [0.05, 0.1) is 15.9 Å². The summed E-state index contributed by atoms with van der Waals surface area (Å²) in [6, 6.07) is 0. The maximum Gasteiger partial charge on any atom is 0.174 e. The molecule has 0 saturated carbocycles. The molecular formula is C11H15N3S. The summed E-state index contributed by atoms with van der Waals surface area (Å²) in [4.78, 5) is 13.4. The molecule has 3 nitrogen and oxygen atoms in total. The highest BCUT2D eigenvalue weighted by Crippen LogP contribution is 2.26. The van der Waals surface area contributed by atoms with E-state index in [9.17, 15) is 0 Å². The predicted octanol–water partition coefficient (Wildman–Crippen LogP) is 3.33. The number of fused-ring (bicyclic) bond motifs is 1. The van der Waals surface area contributed by atoms with Crippen molar-refractivity contribution < 1.29 is 0 Å². The molecule has 2 rings (SSSR count). The summed E-state index contributed by atoms with van der Waals surface area (Å²) in [5.74, 6) is 1.68.